The number of nitrogens with zero attached hydrogens (tertiary/aromatic N) is 2. The largest absolute Gasteiger partial charge is 0.465 e. The molecule has 1 amide bonds. The number of hydrogen-bond acceptors (Lipinski definition) is 4. The van der Waals surface area contributed by atoms with Crippen LogP contribution in [-0.2, 0) is 20.7 Å². The molecule has 1 aliphatic heterocycles. The lowest BCUT2D eigenvalue weighted by Crippen LogP contribution is -2.51. The van der Waals surface area contributed by atoms with E-state index in [9.17, 15) is 9.59 Å². The maximum absolute atomic E-state index is 12.3. The van der Waals surface area contributed by atoms with E-state index in [0.717, 1.165) is 30.0 Å². The molecule has 3 rings (SSSR count). The molecule has 0 aromatic heterocycles. The Morgan fingerprint density at radius 2 is 1.65 bits per heavy atom. The van der Waals surface area contributed by atoms with E-state index in [0.29, 0.717) is 37.7 Å². The smallest absolute Gasteiger partial charge is 0.302 e. The van der Waals surface area contributed by atoms with Crippen LogP contribution >= 0.6 is 35.6 Å². The molecule has 1 heterocycles. The van der Waals surface area contributed by atoms with Crippen LogP contribution in [0, 0.1) is 0 Å². The Morgan fingerprint density at radius 1 is 1.00 bits per heavy atom. The topological polar surface area (TPSA) is 49.9 Å². The minimum atomic E-state index is -0.277. The van der Waals surface area contributed by atoms with Crippen LogP contribution in [0.2, 0.25) is 10.0 Å². The zero-order valence-corrected chi connectivity index (χ0v) is 22.5. The lowest BCUT2D eigenvalue weighted by atomic mass is 10.0. The predicted octanol–water partition coefficient (Wildman–Crippen LogP) is 6.21. The molecule has 0 aliphatic carbocycles. The minimum absolute atomic E-state index is 0. The lowest BCUT2D eigenvalue weighted by Gasteiger charge is -2.42. The van der Waals surface area contributed by atoms with Crippen LogP contribution < -0.4 is 0 Å². The molecule has 0 radical (unpaired) electrons. The molecule has 188 valence electrons. The number of halogens is 3. The third-order valence-corrected chi connectivity index (χ3v) is 6.31. The van der Waals surface area contributed by atoms with Crippen molar-refractivity contribution in [3.8, 4) is 0 Å². The molecule has 0 saturated carbocycles. The van der Waals surface area contributed by atoms with Crippen molar-refractivity contribution in [3.63, 3.8) is 0 Å². The van der Waals surface area contributed by atoms with Gasteiger partial charge >= 0.3 is 5.97 Å². The van der Waals surface area contributed by atoms with Crippen LogP contribution in [0.3, 0.4) is 0 Å². The molecule has 2 aromatic carbocycles. The van der Waals surface area contributed by atoms with Gasteiger partial charge in [0.15, 0.2) is 0 Å². The molecular weight excluding hydrogens is 495 g/mol. The molecule has 5 nitrogen and oxygen atoms in total. The lowest BCUT2D eigenvalue weighted by molar-refractivity contribution is -0.141. The number of benzene rings is 2. The minimum Gasteiger partial charge on any atom is -0.465 e. The van der Waals surface area contributed by atoms with Crippen LogP contribution in [0.4, 0.5) is 0 Å². The summed E-state index contributed by atoms with van der Waals surface area (Å²) in [5, 5.41) is 1.57. The van der Waals surface area contributed by atoms with Crippen molar-refractivity contribution < 1.29 is 14.3 Å². The fourth-order valence-corrected chi connectivity index (χ4v) is 4.35. The Kier molecular flexibility index (Phi) is 14.2. The van der Waals surface area contributed by atoms with Gasteiger partial charge in [-0.25, -0.2) is 0 Å². The Morgan fingerprint density at radius 3 is 2.21 bits per heavy atom. The highest BCUT2D eigenvalue weighted by molar-refractivity contribution is 6.31. The predicted molar refractivity (Wildman–Crippen MR) is 142 cm³/mol. The van der Waals surface area contributed by atoms with Gasteiger partial charge in [-0.3, -0.25) is 14.5 Å². The van der Waals surface area contributed by atoms with Crippen molar-refractivity contribution in [1.82, 2.24) is 9.80 Å². The molecule has 1 fully saturated rings. The number of amides is 1. The molecule has 34 heavy (non-hydrogen) atoms. The van der Waals surface area contributed by atoms with E-state index in [4.69, 9.17) is 27.9 Å². The van der Waals surface area contributed by atoms with Crippen LogP contribution in [0.5, 0.6) is 0 Å². The maximum Gasteiger partial charge on any atom is 0.302 e. The number of ether oxygens (including phenoxy) is 1. The fraction of sp³-hybridized carbons (Fsp3) is 0.462. The number of esters is 1. The molecule has 0 spiro atoms. The van der Waals surface area contributed by atoms with Crippen molar-refractivity contribution in [3.05, 3.63) is 69.7 Å². The Bertz CT molecular complexity index is 910. The fourth-order valence-electron chi connectivity index (χ4n) is 3.82. The van der Waals surface area contributed by atoms with E-state index in [-0.39, 0.29) is 30.3 Å². The van der Waals surface area contributed by atoms with E-state index in [1.165, 1.54) is 12.5 Å². The number of piperazine rings is 1. The van der Waals surface area contributed by atoms with Crippen LogP contribution in [0.25, 0.3) is 0 Å². The van der Waals surface area contributed by atoms with Crippen molar-refractivity contribution in [1.29, 1.82) is 0 Å². The zero-order chi connectivity index (χ0) is 24.2. The Hall–Kier alpha value is -1.79. The standard InChI is InChI=1S/C18H25ClN2O3.C8H9Cl.ClH/c1-3-6-18(23)21-10-9-20(11-12-24-14(2)22)17(13-21)15-7-4-5-8-16(15)19;1-2-7-5-3-4-6-8(7)9;/h4-5,7-8,17H,3,6,9-13H2,1-2H3;3-6H,2H2,1H3;1H. The zero-order valence-electron chi connectivity index (χ0n) is 20.1. The molecular formula is C26H35Cl3N2O3. The van der Waals surface area contributed by atoms with Gasteiger partial charge in [0, 0.05) is 49.6 Å². The third kappa shape index (κ3) is 9.46. The average Bonchev–Trinajstić information content (AvgIpc) is 2.80. The van der Waals surface area contributed by atoms with Crippen LogP contribution in [0.1, 0.15) is 50.8 Å². The van der Waals surface area contributed by atoms with E-state index in [1.807, 2.05) is 60.4 Å². The van der Waals surface area contributed by atoms with E-state index in [2.05, 4.69) is 11.8 Å². The monoisotopic (exact) mass is 528 g/mol. The second-order valence-electron chi connectivity index (χ2n) is 7.95. The Labute approximate surface area is 219 Å². The Balaban J connectivity index is 0.000000486. The molecule has 2 aromatic rings. The molecule has 1 saturated heterocycles. The molecule has 1 unspecified atom stereocenters. The van der Waals surface area contributed by atoms with Crippen molar-refractivity contribution in [2.75, 3.05) is 32.8 Å². The summed E-state index contributed by atoms with van der Waals surface area (Å²) < 4.78 is 5.08. The molecule has 0 N–H and O–H groups in total. The summed E-state index contributed by atoms with van der Waals surface area (Å²) in [5.74, 6) is -0.0877. The van der Waals surface area contributed by atoms with Gasteiger partial charge in [-0.2, -0.15) is 0 Å². The second kappa shape index (κ2) is 16.0. The summed E-state index contributed by atoms with van der Waals surface area (Å²) in [6.45, 7) is 8.55. The summed E-state index contributed by atoms with van der Waals surface area (Å²) in [6, 6.07) is 15.7. The molecule has 1 aliphatic rings. The number of carbonyl (C=O) groups excluding carboxylic acids is 2. The van der Waals surface area contributed by atoms with Gasteiger partial charge in [0.25, 0.3) is 0 Å². The normalized spacial score (nSPS) is 15.6. The van der Waals surface area contributed by atoms with Crippen LogP contribution in [0.15, 0.2) is 48.5 Å². The molecule has 0 bridgehead atoms. The summed E-state index contributed by atoms with van der Waals surface area (Å²) in [6.07, 6.45) is 2.44. The summed E-state index contributed by atoms with van der Waals surface area (Å²) in [7, 11) is 0. The van der Waals surface area contributed by atoms with Gasteiger partial charge in [-0.15, -0.1) is 12.4 Å². The number of carbonyl (C=O) groups is 2. The first-order chi connectivity index (χ1) is 15.9. The van der Waals surface area contributed by atoms with E-state index in [1.54, 1.807) is 0 Å². The van der Waals surface area contributed by atoms with Crippen molar-refractivity contribution in [2.24, 2.45) is 0 Å². The quantitative estimate of drug-likeness (QED) is 0.400. The van der Waals surface area contributed by atoms with E-state index < -0.39 is 0 Å². The number of rotatable bonds is 7. The molecule has 8 heteroatoms. The highest BCUT2D eigenvalue weighted by atomic mass is 35.5. The van der Waals surface area contributed by atoms with E-state index >= 15 is 0 Å². The molecule has 1 atom stereocenters. The first-order valence-electron chi connectivity index (χ1n) is 11.5. The summed E-state index contributed by atoms with van der Waals surface area (Å²) >= 11 is 12.2. The van der Waals surface area contributed by atoms with Gasteiger partial charge in [-0.1, -0.05) is 73.4 Å². The van der Waals surface area contributed by atoms with Crippen molar-refractivity contribution >= 4 is 47.5 Å². The second-order valence-corrected chi connectivity index (χ2v) is 8.76. The van der Waals surface area contributed by atoms with Gasteiger partial charge in [0.05, 0.1) is 6.04 Å². The number of aryl methyl sites for hydroxylation is 1. The SMILES string of the molecule is CCCC(=O)N1CCN(CCOC(C)=O)C(c2ccccc2Cl)C1.CCc1ccccc1Cl.Cl. The van der Waals surface area contributed by atoms with Crippen molar-refractivity contribution in [2.45, 2.75) is 46.1 Å². The van der Waals surface area contributed by atoms with Gasteiger partial charge in [0.2, 0.25) is 5.91 Å². The van der Waals surface area contributed by atoms with Gasteiger partial charge < -0.3 is 9.64 Å². The van der Waals surface area contributed by atoms with Gasteiger partial charge in [0.1, 0.15) is 6.61 Å². The average molecular weight is 530 g/mol. The van der Waals surface area contributed by atoms with Crippen LogP contribution in [-0.4, -0.2) is 54.5 Å². The highest BCUT2D eigenvalue weighted by Crippen LogP contribution is 2.30. The third-order valence-electron chi connectivity index (χ3n) is 5.59. The summed E-state index contributed by atoms with van der Waals surface area (Å²) in [4.78, 5) is 27.4. The highest BCUT2D eigenvalue weighted by Gasteiger charge is 2.31. The number of hydrogen-bond donors (Lipinski definition) is 0. The summed E-state index contributed by atoms with van der Waals surface area (Å²) in [5.41, 5.74) is 2.23. The first-order valence-corrected chi connectivity index (χ1v) is 12.3. The van der Waals surface area contributed by atoms with Gasteiger partial charge in [-0.05, 0) is 36.1 Å². The first kappa shape index (κ1) is 30.2. The maximum atomic E-state index is 12.3.